The van der Waals surface area contributed by atoms with Crippen LogP contribution in [0, 0.1) is 0 Å². The van der Waals surface area contributed by atoms with Gasteiger partial charge in [0, 0.05) is 10.7 Å². The molecule has 106 valence electrons. The minimum absolute atomic E-state index is 0.0588. The minimum atomic E-state index is -0.0802. The molecule has 0 atom stereocenters. The lowest BCUT2D eigenvalue weighted by atomic mass is 10.5. The Kier molecular flexibility index (Phi) is 4.64. The Bertz CT molecular complexity index is 595. The summed E-state index contributed by atoms with van der Waals surface area (Å²) in [5.74, 6) is 5.92. The van der Waals surface area contributed by atoms with Crippen LogP contribution in [-0.4, -0.2) is 26.0 Å². The van der Waals surface area contributed by atoms with Crippen molar-refractivity contribution in [3.05, 3.63) is 22.9 Å². The van der Waals surface area contributed by atoms with Crippen LogP contribution in [0.2, 0.25) is 0 Å². The number of hydrogen-bond acceptors (Lipinski definition) is 8. The van der Waals surface area contributed by atoms with Gasteiger partial charge in [-0.2, -0.15) is 9.97 Å². The Balaban J connectivity index is 2.26. The first-order valence-corrected chi connectivity index (χ1v) is 6.54. The van der Waals surface area contributed by atoms with Crippen molar-refractivity contribution in [3.8, 4) is 17.8 Å². The van der Waals surface area contributed by atoms with Crippen LogP contribution in [0.15, 0.2) is 22.9 Å². The summed E-state index contributed by atoms with van der Waals surface area (Å²) < 4.78 is 11.7. The SMILES string of the molecule is CC(C)Oc1nc(NN)nc(Oc2cncc(Br)c2)n1. The molecular formula is C11H13BrN6O2. The number of ether oxygens (including phenoxy) is 2. The Labute approximate surface area is 123 Å². The molecule has 2 heterocycles. The maximum absolute atomic E-state index is 5.49. The smallest absolute Gasteiger partial charge is 0.330 e. The predicted octanol–water partition coefficient (Wildman–Crippen LogP) is 1.89. The largest absolute Gasteiger partial charge is 0.461 e. The number of hydrazine groups is 1. The van der Waals surface area contributed by atoms with E-state index in [-0.39, 0.29) is 24.1 Å². The first-order valence-electron chi connectivity index (χ1n) is 5.74. The van der Waals surface area contributed by atoms with Gasteiger partial charge < -0.3 is 9.47 Å². The molecule has 0 unspecified atom stereocenters. The summed E-state index contributed by atoms with van der Waals surface area (Å²) >= 11 is 3.30. The fourth-order valence-electron chi connectivity index (χ4n) is 1.27. The van der Waals surface area contributed by atoms with Crippen LogP contribution in [0.3, 0.4) is 0 Å². The molecule has 0 fully saturated rings. The number of pyridine rings is 1. The van der Waals surface area contributed by atoms with Crippen molar-refractivity contribution in [2.75, 3.05) is 5.43 Å². The molecule has 20 heavy (non-hydrogen) atoms. The Morgan fingerprint density at radius 2 is 1.95 bits per heavy atom. The second-order valence-electron chi connectivity index (χ2n) is 3.98. The maximum Gasteiger partial charge on any atom is 0.330 e. The van der Waals surface area contributed by atoms with E-state index < -0.39 is 0 Å². The number of rotatable bonds is 5. The van der Waals surface area contributed by atoms with Gasteiger partial charge in [-0.25, -0.2) is 5.84 Å². The normalized spacial score (nSPS) is 10.4. The fourth-order valence-corrected chi connectivity index (χ4v) is 1.61. The molecular weight excluding hydrogens is 328 g/mol. The van der Waals surface area contributed by atoms with Crippen LogP contribution in [-0.2, 0) is 0 Å². The molecule has 0 aromatic carbocycles. The highest BCUT2D eigenvalue weighted by molar-refractivity contribution is 9.10. The van der Waals surface area contributed by atoms with Gasteiger partial charge in [0.2, 0.25) is 5.95 Å². The number of nitrogens with two attached hydrogens (primary N) is 1. The van der Waals surface area contributed by atoms with Gasteiger partial charge >= 0.3 is 12.0 Å². The summed E-state index contributed by atoms with van der Waals surface area (Å²) in [5, 5.41) is 0. The number of nitrogens with zero attached hydrogens (tertiary/aromatic N) is 4. The maximum atomic E-state index is 5.49. The van der Waals surface area contributed by atoms with Crippen LogP contribution >= 0.6 is 15.9 Å². The van der Waals surface area contributed by atoms with Crippen molar-refractivity contribution >= 4 is 21.9 Å². The van der Waals surface area contributed by atoms with E-state index in [0.717, 1.165) is 4.47 Å². The lowest BCUT2D eigenvalue weighted by Crippen LogP contribution is -2.14. The number of nitrogens with one attached hydrogen (secondary N) is 1. The first kappa shape index (κ1) is 14.4. The van der Waals surface area contributed by atoms with E-state index in [2.05, 4.69) is 41.3 Å². The van der Waals surface area contributed by atoms with Crippen molar-refractivity contribution in [3.63, 3.8) is 0 Å². The van der Waals surface area contributed by atoms with E-state index in [1.165, 1.54) is 6.20 Å². The van der Waals surface area contributed by atoms with E-state index in [1.807, 2.05) is 13.8 Å². The highest BCUT2D eigenvalue weighted by atomic mass is 79.9. The Morgan fingerprint density at radius 1 is 1.20 bits per heavy atom. The number of nitrogen functional groups attached to an aromatic ring is 1. The van der Waals surface area contributed by atoms with E-state index in [4.69, 9.17) is 15.3 Å². The highest BCUT2D eigenvalue weighted by Crippen LogP contribution is 2.22. The van der Waals surface area contributed by atoms with E-state index >= 15 is 0 Å². The van der Waals surface area contributed by atoms with Gasteiger partial charge in [-0.05, 0) is 35.8 Å². The van der Waals surface area contributed by atoms with Gasteiger partial charge in [-0.1, -0.05) is 0 Å². The van der Waals surface area contributed by atoms with Crippen LogP contribution in [0.25, 0.3) is 0 Å². The number of hydrogen-bond donors (Lipinski definition) is 2. The molecule has 0 aliphatic heterocycles. The number of anilines is 1. The zero-order valence-corrected chi connectivity index (χ0v) is 12.5. The summed E-state index contributed by atoms with van der Waals surface area (Å²) in [6.07, 6.45) is 3.09. The quantitative estimate of drug-likeness (QED) is 0.627. The molecule has 2 aromatic rings. The molecule has 0 aliphatic rings. The zero-order chi connectivity index (χ0) is 14.5. The Hall–Kier alpha value is -2.00. The zero-order valence-electron chi connectivity index (χ0n) is 10.9. The summed E-state index contributed by atoms with van der Waals surface area (Å²) in [6, 6.07) is 1.92. The third-order valence-corrected chi connectivity index (χ3v) is 2.39. The van der Waals surface area contributed by atoms with E-state index in [1.54, 1.807) is 12.3 Å². The molecule has 8 nitrogen and oxygen atoms in total. The summed E-state index contributed by atoms with van der Waals surface area (Å²) in [5.41, 5.74) is 2.33. The van der Waals surface area contributed by atoms with Crippen LogP contribution < -0.4 is 20.7 Å². The molecule has 2 aromatic heterocycles. The first-order chi connectivity index (χ1) is 9.56. The molecule has 2 rings (SSSR count). The third kappa shape index (κ3) is 4.00. The molecule has 0 spiro atoms. The van der Waals surface area contributed by atoms with Crippen LogP contribution in [0.5, 0.6) is 17.8 Å². The van der Waals surface area contributed by atoms with Gasteiger partial charge in [0.1, 0.15) is 0 Å². The van der Waals surface area contributed by atoms with Crippen molar-refractivity contribution < 1.29 is 9.47 Å². The topological polar surface area (TPSA) is 108 Å². The lowest BCUT2D eigenvalue weighted by Gasteiger charge is -2.10. The van der Waals surface area contributed by atoms with Gasteiger partial charge in [0.15, 0.2) is 5.75 Å². The molecule has 0 saturated heterocycles. The van der Waals surface area contributed by atoms with Crippen molar-refractivity contribution in [1.82, 2.24) is 19.9 Å². The average Bonchev–Trinajstić information content (AvgIpc) is 2.37. The van der Waals surface area contributed by atoms with E-state index in [9.17, 15) is 0 Å². The lowest BCUT2D eigenvalue weighted by molar-refractivity contribution is 0.218. The van der Waals surface area contributed by atoms with Gasteiger partial charge in [0.25, 0.3) is 0 Å². The summed E-state index contributed by atoms with van der Waals surface area (Å²) in [7, 11) is 0. The molecule has 0 bridgehead atoms. The monoisotopic (exact) mass is 340 g/mol. The second-order valence-corrected chi connectivity index (χ2v) is 4.89. The van der Waals surface area contributed by atoms with Crippen molar-refractivity contribution in [2.45, 2.75) is 20.0 Å². The number of aromatic nitrogens is 4. The molecule has 0 aliphatic carbocycles. The molecule has 0 radical (unpaired) electrons. The second kappa shape index (κ2) is 6.44. The number of halogens is 1. The summed E-state index contributed by atoms with van der Waals surface area (Å²) in [6.45, 7) is 3.72. The minimum Gasteiger partial charge on any atom is -0.461 e. The fraction of sp³-hybridized carbons (Fsp3) is 0.273. The summed E-state index contributed by atoms with van der Waals surface area (Å²) in [4.78, 5) is 16.0. The third-order valence-electron chi connectivity index (χ3n) is 1.95. The molecule has 0 saturated carbocycles. The average molecular weight is 341 g/mol. The Morgan fingerprint density at radius 3 is 2.60 bits per heavy atom. The van der Waals surface area contributed by atoms with Gasteiger partial charge in [0.05, 0.1) is 12.3 Å². The molecule has 3 N–H and O–H groups in total. The standard InChI is InChI=1S/C11H13BrN6O2/c1-6(2)19-10-15-9(18-13)16-11(17-10)20-8-3-7(12)4-14-5-8/h3-6H,13H2,1-2H3,(H,15,16,17,18). The highest BCUT2D eigenvalue weighted by Gasteiger charge is 2.10. The van der Waals surface area contributed by atoms with Crippen LogP contribution in [0.4, 0.5) is 5.95 Å². The van der Waals surface area contributed by atoms with Crippen molar-refractivity contribution in [1.29, 1.82) is 0 Å². The van der Waals surface area contributed by atoms with Crippen molar-refractivity contribution in [2.24, 2.45) is 5.84 Å². The molecule has 0 amide bonds. The van der Waals surface area contributed by atoms with Crippen LogP contribution in [0.1, 0.15) is 13.8 Å². The predicted molar refractivity (Wildman–Crippen MR) is 75.4 cm³/mol. The van der Waals surface area contributed by atoms with E-state index in [0.29, 0.717) is 5.75 Å². The van der Waals surface area contributed by atoms with Gasteiger partial charge in [-0.15, -0.1) is 4.98 Å². The van der Waals surface area contributed by atoms with Gasteiger partial charge in [-0.3, -0.25) is 10.4 Å². The molecule has 9 heteroatoms.